The van der Waals surface area contributed by atoms with Gasteiger partial charge < -0.3 is 19.3 Å². The summed E-state index contributed by atoms with van der Waals surface area (Å²) in [5, 5.41) is 21.1. The Morgan fingerprint density at radius 3 is 2.73 bits per heavy atom. The van der Waals surface area contributed by atoms with Crippen LogP contribution in [0.25, 0.3) is 17.0 Å². The van der Waals surface area contributed by atoms with Gasteiger partial charge in [-0.15, -0.1) is 10.2 Å². The molecule has 0 saturated carbocycles. The quantitative estimate of drug-likeness (QED) is 0.379. The maximum absolute atomic E-state index is 15.0. The SMILES string of the molecule is Cn1nnc(-c2ccc(Oc3ccc(F)c4c3CC[C@H]4Oc3ccc4c(c3)OC/C4=C\C(=O)O)cc2)n1. The van der Waals surface area contributed by atoms with E-state index in [-0.39, 0.29) is 12.4 Å². The molecule has 0 saturated heterocycles. The number of carbonyl (C=O) groups is 1. The van der Waals surface area contributed by atoms with Crippen molar-refractivity contribution in [2.24, 2.45) is 7.05 Å². The number of halogens is 1. The van der Waals surface area contributed by atoms with Crippen molar-refractivity contribution < 1.29 is 28.5 Å². The molecule has 0 bridgehead atoms. The van der Waals surface area contributed by atoms with Crippen molar-refractivity contribution >= 4 is 11.5 Å². The summed E-state index contributed by atoms with van der Waals surface area (Å²) in [5.41, 5.74) is 3.36. The number of nitrogens with zero attached hydrogens (tertiary/aromatic N) is 4. The van der Waals surface area contributed by atoms with E-state index in [9.17, 15) is 9.18 Å². The Hall–Kier alpha value is -4.73. The van der Waals surface area contributed by atoms with Gasteiger partial charge in [-0.1, -0.05) is 0 Å². The van der Waals surface area contributed by atoms with Crippen LogP contribution >= 0.6 is 0 Å². The Bertz CT molecular complexity index is 1550. The normalized spacial score (nSPS) is 16.8. The molecule has 2 heterocycles. The smallest absolute Gasteiger partial charge is 0.328 e. The van der Waals surface area contributed by atoms with E-state index in [2.05, 4.69) is 15.4 Å². The molecule has 0 radical (unpaired) electrons. The van der Waals surface area contributed by atoms with Gasteiger partial charge in [0, 0.05) is 40.0 Å². The van der Waals surface area contributed by atoms with Gasteiger partial charge in [-0.05, 0) is 66.6 Å². The van der Waals surface area contributed by atoms with E-state index in [0.717, 1.165) is 17.2 Å². The van der Waals surface area contributed by atoms with E-state index >= 15 is 0 Å². The Morgan fingerprint density at radius 2 is 1.97 bits per heavy atom. The van der Waals surface area contributed by atoms with Crippen molar-refractivity contribution in [2.45, 2.75) is 18.9 Å². The minimum absolute atomic E-state index is 0.183. The summed E-state index contributed by atoms with van der Waals surface area (Å²) in [6, 6.07) is 15.5. The third-order valence-corrected chi connectivity index (χ3v) is 6.35. The summed E-state index contributed by atoms with van der Waals surface area (Å²) < 4.78 is 32.8. The average molecular weight is 500 g/mol. The summed E-state index contributed by atoms with van der Waals surface area (Å²) in [6.45, 7) is 0.183. The number of aromatic nitrogens is 4. The van der Waals surface area contributed by atoms with Crippen LogP contribution < -0.4 is 14.2 Å². The Morgan fingerprint density at radius 1 is 1.16 bits per heavy atom. The summed E-state index contributed by atoms with van der Waals surface area (Å²) in [6.07, 6.45) is 1.83. The highest BCUT2D eigenvalue weighted by atomic mass is 19.1. The first-order valence-corrected chi connectivity index (χ1v) is 11.7. The molecule has 10 heteroatoms. The lowest BCUT2D eigenvalue weighted by Gasteiger charge is -2.17. The fraction of sp³-hybridized carbons (Fsp3) is 0.185. The molecule has 1 atom stereocenters. The lowest BCUT2D eigenvalue weighted by Crippen LogP contribution is -2.06. The van der Waals surface area contributed by atoms with Crippen LogP contribution in [0.1, 0.15) is 29.2 Å². The van der Waals surface area contributed by atoms with Crippen molar-refractivity contribution in [2.75, 3.05) is 6.61 Å². The molecule has 3 aromatic carbocycles. The third-order valence-electron chi connectivity index (χ3n) is 6.35. The standard InChI is InChI=1S/C27H21FN4O5/c1-32-30-27(29-31-32)15-2-4-17(5-3-15)36-22-11-9-21(28)26-20(22)8-10-23(26)37-18-6-7-19-16(12-25(33)34)14-35-24(19)13-18/h2-7,9,11-13,23H,8,10,14H2,1H3,(H,33,34)/b16-12+/t23-/m1/s1. The Balaban J connectivity index is 1.21. The van der Waals surface area contributed by atoms with Gasteiger partial charge in [-0.2, -0.15) is 4.80 Å². The van der Waals surface area contributed by atoms with Gasteiger partial charge in [0.25, 0.3) is 0 Å². The molecule has 186 valence electrons. The highest BCUT2D eigenvalue weighted by Crippen LogP contribution is 2.44. The fourth-order valence-electron chi connectivity index (χ4n) is 4.68. The first-order chi connectivity index (χ1) is 17.9. The predicted octanol–water partition coefficient (Wildman–Crippen LogP) is 4.74. The average Bonchev–Trinajstić information content (AvgIpc) is 3.61. The van der Waals surface area contributed by atoms with Crippen molar-refractivity contribution in [3.05, 3.63) is 83.2 Å². The molecule has 1 aliphatic heterocycles. The van der Waals surface area contributed by atoms with Gasteiger partial charge in [0.15, 0.2) is 0 Å². The second kappa shape index (κ2) is 9.05. The van der Waals surface area contributed by atoms with E-state index in [0.29, 0.717) is 58.4 Å². The molecule has 0 spiro atoms. The first kappa shape index (κ1) is 22.7. The largest absolute Gasteiger partial charge is 0.488 e. The van der Waals surface area contributed by atoms with E-state index < -0.39 is 12.1 Å². The highest BCUT2D eigenvalue weighted by molar-refractivity contribution is 5.92. The van der Waals surface area contributed by atoms with Gasteiger partial charge in [0.2, 0.25) is 5.82 Å². The molecule has 37 heavy (non-hydrogen) atoms. The van der Waals surface area contributed by atoms with Gasteiger partial charge in [0.1, 0.15) is 41.5 Å². The lowest BCUT2D eigenvalue weighted by molar-refractivity contribution is -0.131. The number of ether oxygens (including phenoxy) is 3. The monoisotopic (exact) mass is 500 g/mol. The van der Waals surface area contributed by atoms with E-state index in [4.69, 9.17) is 19.3 Å². The zero-order valence-corrected chi connectivity index (χ0v) is 19.7. The fourth-order valence-corrected chi connectivity index (χ4v) is 4.68. The molecular weight excluding hydrogens is 479 g/mol. The van der Waals surface area contributed by atoms with Gasteiger partial charge in [0.05, 0.1) is 7.05 Å². The van der Waals surface area contributed by atoms with Crippen molar-refractivity contribution in [3.63, 3.8) is 0 Å². The summed E-state index contributed by atoms with van der Waals surface area (Å²) >= 11 is 0. The number of aliphatic carboxylic acids is 1. The summed E-state index contributed by atoms with van der Waals surface area (Å²) in [4.78, 5) is 12.4. The molecule has 1 N–H and O–H groups in total. The molecule has 2 aliphatic rings. The number of carboxylic acids is 1. The topological polar surface area (TPSA) is 109 Å². The van der Waals surface area contributed by atoms with Crippen LogP contribution in [0.4, 0.5) is 4.39 Å². The van der Waals surface area contributed by atoms with E-state index in [1.165, 1.54) is 10.9 Å². The van der Waals surface area contributed by atoms with Crippen LogP contribution in [0, 0.1) is 5.82 Å². The third kappa shape index (κ3) is 4.37. The van der Waals surface area contributed by atoms with Gasteiger partial charge in [-0.25, -0.2) is 9.18 Å². The summed E-state index contributed by atoms with van der Waals surface area (Å²) in [7, 11) is 1.70. The Kier molecular flexibility index (Phi) is 5.56. The minimum atomic E-state index is -1.03. The summed E-state index contributed by atoms with van der Waals surface area (Å²) in [5.74, 6) is 1.38. The molecular formula is C27H21FN4O5. The van der Waals surface area contributed by atoms with E-state index in [1.807, 2.05) is 24.3 Å². The number of aryl methyl sites for hydroxylation is 1. The maximum atomic E-state index is 15.0. The molecule has 9 nitrogen and oxygen atoms in total. The molecule has 0 unspecified atom stereocenters. The molecule has 0 amide bonds. The number of carboxylic acid groups (broad SMARTS) is 1. The minimum Gasteiger partial charge on any atom is -0.488 e. The van der Waals surface area contributed by atoms with Gasteiger partial charge >= 0.3 is 5.97 Å². The number of rotatable bonds is 6. The Labute approximate surface area is 210 Å². The van der Waals surface area contributed by atoms with Crippen molar-refractivity contribution in [3.8, 4) is 34.4 Å². The van der Waals surface area contributed by atoms with Crippen LogP contribution in [-0.2, 0) is 18.3 Å². The number of hydrogen-bond donors (Lipinski definition) is 1. The van der Waals surface area contributed by atoms with Crippen molar-refractivity contribution in [1.82, 2.24) is 20.2 Å². The van der Waals surface area contributed by atoms with Crippen LogP contribution in [0.5, 0.6) is 23.0 Å². The molecule has 4 aromatic rings. The zero-order chi connectivity index (χ0) is 25.5. The number of tetrazole rings is 1. The number of fused-ring (bicyclic) bond motifs is 2. The molecule has 1 aromatic heterocycles. The second-order valence-electron chi connectivity index (χ2n) is 8.77. The number of benzene rings is 3. The van der Waals surface area contributed by atoms with Crippen molar-refractivity contribution in [1.29, 1.82) is 0 Å². The lowest BCUT2D eigenvalue weighted by atomic mass is 10.1. The molecule has 1 aliphatic carbocycles. The van der Waals surface area contributed by atoms with Crippen LogP contribution in [-0.4, -0.2) is 37.9 Å². The maximum Gasteiger partial charge on any atom is 0.328 e. The zero-order valence-electron chi connectivity index (χ0n) is 19.7. The highest BCUT2D eigenvalue weighted by Gasteiger charge is 2.31. The van der Waals surface area contributed by atoms with Crippen LogP contribution in [0.15, 0.2) is 60.7 Å². The van der Waals surface area contributed by atoms with Gasteiger partial charge in [-0.3, -0.25) is 0 Å². The second-order valence-corrected chi connectivity index (χ2v) is 8.77. The predicted molar refractivity (Wildman–Crippen MR) is 130 cm³/mol. The molecule has 0 fully saturated rings. The first-order valence-electron chi connectivity index (χ1n) is 11.7. The van der Waals surface area contributed by atoms with Crippen LogP contribution in [0.2, 0.25) is 0 Å². The van der Waals surface area contributed by atoms with Crippen LogP contribution in [0.3, 0.4) is 0 Å². The van der Waals surface area contributed by atoms with E-state index in [1.54, 1.807) is 31.3 Å². The number of hydrogen-bond acceptors (Lipinski definition) is 7. The molecule has 6 rings (SSSR count).